The maximum atomic E-state index is 4.33. The van der Waals surface area contributed by atoms with E-state index in [0.29, 0.717) is 6.04 Å². The van der Waals surface area contributed by atoms with Gasteiger partial charge < -0.3 is 15.5 Å². The van der Waals surface area contributed by atoms with Gasteiger partial charge in [0.05, 0.1) is 0 Å². The van der Waals surface area contributed by atoms with E-state index >= 15 is 0 Å². The topological polar surface area (TPSA) is 53.1 Å². The van der Waals surface area contributed by atoms with Crippen molar-refractivity contribution in [1.82, 2.24) is 15.3 Å². The standard InChI is InChI=1S/C14H25N5/c1-3-4-8-19(2)14-9-13(17-11-18-14)16-10-12-6-5-7-15-12/h9,11-12,15H,3-8,10H2,1-2H3,(H,16,17,18). The van der Waals surface area contributed by atoms with Gasteiger partial charge in [-0.05, 0) is 25.8 Å². The first kappa shape index (κ1) is 14.1. The van der Waals surface area contributed by atoms with E-state index in [-0.39, 0.29) is 0 Å². The molecule has 0 radical (unpaired) electrons. The van der Waals surface area contributed by atoms with Crippen molar-refractivity contribution >= 4 is 11.6 Å². The first-order valence-electron chi connectivity index (χ1n) is 7.30. The van der Waals surface area contributed by atoms with E-state index in [9.17, 15) is 0 Å². The highest BCUT2D eigenvalue weighted by molar-refractivity contribution is 5.47. The molecule has 1 unspecified atom stereocenters. The summed E-state index contributed by atoms with van der Waals surface area (Å²) in [5.74, 6) is 1.91. The smallest absolute Gasteiger partial charge is 0.133 e. The van der Waals surface area contributed by atoms with Gasteiger partial charge in [0, 0.05) is 32.2 Å². The van der Waals surface area contributed by atoms with Crippen molar-refractivity contribution < 1.29 is 0 Å². The largest absolute Gasteiger partial charge is 0.368 e. The Bertz CT molecular complexity index is 376. The Balaban J connectivity index is 1.86. The average molecular weight is 263 g/mol. The van der Waals surface area contributed by atoms with Gasteiger partial charge in [0.1, 0.15) is 18.0 Å². The maximum Gasteiger partial charge on any atom is 0.133 e. The van der Waals surface area contributed by atoms with Crippen LogP contribution >= 0.6 is 0 Å². The van der Waals surface area contributed by atoms with Gasteiger partial charge in [0.25, 0.3) is 0 Å². The SMILES string of the molecule is CCCCN(C)c1cc(NCC2CCCN2)ncn1. The van der Waals surface area contributed by atoms with Crippen LogP contribution < -0.4 is 15.5 Å². The number of anilines is 2. The van der Waals surface area contributed by atoms with Gasteiger partial charge in [-0.25, -0.2) is 9.97 Å². The summed E-state index contributed by atoms with van der Waals surface area (Å²) in [4.78, 5) is 10.8. The summed E-state index contributed by atoms with van der Waals surface area (Å²) in [5.41, 5.74) is 0. The molecular formula is C14H25N5. The van der Waals surface area contributed by atoms with E-state index in [2.05, 4.69) is 39.5 Å². The molecule has 1 saturated heterocycles. The van der Waals surface area contributed by atoms with E-state index in [1.807, 2.05) is 6.07 Å². The fraction of sp³-hybridized carbons (Fsp3) is 0.714. The zero-order valence-electron chi connectivity index (χ0n) is 12.0. The lowest BCUT2D eigenvalue weighted by Gasteiger charge is -2.18. The predicted molar refractivity (Wildman–Crippen MR) is 79.7 cm³/mol. The van der Waals surface area contributed by atoms with Gasteiger partial charge in [0.2, 0.25) is 0 Å². The van der Waals surface area contributed by atoms with E-state index in [1.165, 1.54) is 25.7 Å². The molecule has 5 nitrogen and oxygen atoms in total. The highest BCUT2D eigenvalue weighted by Gasteiger charge is 2.13. The molecule has 0 saturated carbocycles. The lowest BCUT2D eigenvalue weighted by molar-refractivity contribution is 0.632. The normalized spacial score (nSPS) is 18.5. The molecule has 0 amide bonds. The molecule has 2 heterocycles. The maximum absolute atomic E-state index is 4.33. The number of hydrogen-bond acceptors (Lipinski definition) is 5. The first-order valence-corrected chi connectivity index (χ1v) is 7.30. The zero-order valence-corrected chi connectivity index (χ0v) is 12.0. The minimum absolute atomic E-state index is 0.580. The van der Waals surface area contributed by atoms with Crippen LogP contribution in [-0.4, -0.2) is 42.7 Å². The molecule has 1 fully saturated rings. The van der Waals surface area contributed by atoms with Crippen molar-refractivity contribution in [2.75, 3.05) is 36.9 Å². The van der Waals surface area contributed by atoms with Crippen LogP contribution in [-0.2, 0) is 0 Å². The molecule has 1 aliphatic heterocycles. The highest BCUT2D eigenvalue weighted by Crippen LogP contribution is 2.14. The third kappa shape index (κ3) is 4.35. The number of unbranched alkanes of at least 4 members (excludes halogenated alkanes) is 1. The molecule has 0 bridgehead atoms. The Hall–Kier alpha value is -1.36. The second kappa shape index (κ2) is 7.28. The molecule has 1 atom stereocenters. The third-order valence-electron chi connectivity index (χ3n) is 3.58. The van der Waals surface area contributed by atoms with E-state index in [4.69, 9.17) is 0 Å². The Morgan fingerprint density at radius 2 is 2.37 bits per heavy atom. The summed E-state index contributed by atoms with van der Waals surface area (Å²) in [5, 5.41) is 6.87. The summed E-state index contributed by atoms with van der Waals surface area (Å²) >= 11 is 0. The lowest BCUT2D eigenvalue weighted by Crippen LogP contribution is -2.29. The van der Waals surface area contributed by atoms with Crippen molar-refractivity contribution in [3.05, 3.63) is 12.4 Å². The molecule has 0 aromatic carbocycles. The number of nitrogens with zero attached hydrogens (tertiary/aromatic N) is 3. The monoisotopic (exact) mass is 263 g/mol. The van der Waals surface area contributed by atoms with Gasteiger partial charge in [-0.2, -0.15) is 0 Å². The molecule has 2 rings (SSSR count). The minimum Gasteiger partial charge on any atom is -0.368 e. The number of rotatable bonds is 7. The summed E-state index contributed by atoms with van der Waals surface area (Å²) in [6.07, 6.45) is 6.56. The van der Waals surface area contributed by atoms with Gasteiger partial charge >= 0.3 is 0 Å². The van der Waals surface area contributed by atoms with Gasteiger partial charge in [-0.3, -0.25) is 0 Å². The number of nitrogens with one attached hydrogen (secondary N) is 2. The Morgan fingerprint density at radius 1 is 1.47 bits per heavy atom. The molecule has 5 heteroatoms. The molecule has 0 aliphatic carbocycles. The highest BCUT2D eigenvalue weighted by atomic mass is 15.2. The third-order valence-corrected chi connectivity index (χ3v) is 3.58. The van der Waals surface area contributed by atoms with Gasteiger partial charge in [0.15, 0.2) is 0 Å². The Morgan fingerprint density at radius 3 is 3.11 bits per heavy atom. The van der Waals surface area contributed by atoms with Crippen LogP contribution in [0.15, 0.2) is 12.4 Å². The molecule has 1 aliphatic rings. The van der Waals surface area contributed by atoms with E-state index in [0.717, 1.165) is 31.3 Å². The van der Waals surface area contributed by atoms with Crippen LogP contribution in [0, 0.1) is 0 Å². The first-order chi connectivity index (χ1) is 9.29. The van der Waals surface area contributed by atoms with Crippen molar-refractivity contribution in [1.29, 1.82) is 0 Å². The Labute approximate surface area is 115 Å². The van der Waals surface area contributed by atoms with E-state index in [1.54, 1.807) is 6.33 Å². The molecular weight excluding hydrogens is 238 g/mol. The van der Waals surface area contributed by atoms with Crippen molar-refractivity contribution in [2.45, 2.75) is 38.6 Å². The zero-order chi connectivity index (χ0) is 13.5. The summed E-state index contributed by atoms with van der Waals surface area (Å²) < 4.78 is 0. The minimum atomic E-state index is 0.580. The van der Waals surface area contributed by atoms with E-state index < -0.39 is 0 Å². The van der Waals surface area contributed by atoms with Crippen LogP contribution in [0.1, 0.15) is 32.6 Å². The fourth-order valence-electron chi connectivity index (χ4n) is 2.32. The summed E-state index contributed by atoms with van der Waals surface area (Å²) in [6.45, 7) is 5.32. The molecule has 1 aromatic rings. The second-order valence-corrected chi connectivity index (χ2v) is 5.21. The molecule has 106 valence electrons. The quantitative estimate of drug-likeness (QED) is 0.786. The number of aromatic nitrogens is 2. The van der Waals surface area contributed by atoms with Crippen molar-refractivity contribution in [3.63, 3.8) is 0 Å². The summed E-state index contributed by atoms with van der Waals surface area (Å²) in [7, 11) is 2.08. The molecule has 2 N–H and O–H groups in total. The average Bonchev–Trinajstić information content (AvgIpc) is 2.96. The van der Waals surface area contributed by atoms with Crippen LogP contribution in [0.3, 0.4) is 0 Å². The van der Waals surface area contributed by atoms with Crippen LogP contribution in [0.5, 0.6) is 0 Å². The van der Waals surface area contributed by atoms with Crippen LogP contribution in [0.2, 0.25) is 0 Å². The fourth-order valence-corrected chi connectivity index (χ4v) is 2.32. The number of hydrogen-bond donors (Lipinski definition) is 2. The van der Waals surface area contributed by atoms with Crippen molar-refractivity contribution in [2.24, 2.45) is 0 Å². The molecule has 0 spiro atoms. The van der Waals surface area contributed by atoms with Gasteiger partial charge in [-0.15, -0.1) is 0 Å². The second-order valence-electron chi connectivity index (χ2n) is 5.21. The van der Waals surface area contributed by atoms with Crippen LogP contribution in [0.25, 0.3) is 0 Å². The van der Waals surface area contributed by atoms with Gasteiger partial charge in [-0.1, -0.05) is 13.3 Å². The van der Waals surface area contributed by atoms with Crippen LogP contribution in [0.4, 0.5) is 11.6 Å². The lowest BCUT2D eigenvalue weighted by atomic mass is 10.2. The predicted octanol–water partition coefficient (Wildman–Crippen LogP) is 1.88. The molecule has 1 aromatic heterocycles. The summed E-state index contributed by atoms with van der Waals surface area (Å²) in [6, 6.07) is 2.61. The van der Waals surface area contributed by atoms with Crippen molar-refractivity contribution in [3.8, 4) is 0 Å². The Kier molecular flexibility index (Phi) is 5.39. The molecule has 19 heavy (non-hydrogen) atoms.